The van der Waals surface area contributed by atoms with E-state index in [0.717, 1.165) is 123 Å². The highest BCUT2D eigenvalue weighted by Gasteiger charge is 2.45. The van der Waals surface area contributed by atoms with Crippen LogP contribution in [0.2, 0.25) is 0 Å². The van der Waals surface area contributed by atoms with Gasteiger partial charge in [-0.15, -0.1) is 0 Å². The van der Waals surface area contributed by atoms with Gasteiger partial charge in [-0.25, -0.2) is 0 Å². The van der Waals surface area contributed by atoms with Gasteiger partial charge in [-0.3, -0.25) is 19.2 Å². The predicted octanol–water partition coefficient (Wildman–Crippen LogP) is 15.3. The summed E-state index contributed by atoms with van der Waals surface area (Å²) < 4.78 is 0. The molecule has 3 amide bonds. The Labute approximate surface area is 393 Å². The van der Waals surface area contributed by atoms with Crippen molar-refractivity contribution in [2.24, 2.45) is 17.8 Å². The molecule has 6 rings (SSSR count). The lowest BCUT2D eigenvalue weighted by Gasteiger charge is -2.27. The van der Waals surface area contributed by atoms with Gasteiger partial charge in [0.1, 0.15) is 0 Å². The maximum absolute atomic E-state index is 15.6. The van der Waals surface area contributed by atoms with E-state index in [2.05, 4.69) is 47.6 Å². The summed E-state index contributed by atoms with van der Waals surface area (Å²) in [7, 11) is 0. The highest BCUT2D eigenvalue weighted by atomic mass is 16.2. The fourth-order valence-electron chi connectivity index (χ4n) is 11.1. The Bertz CT molecular complexity index is 2120. The van der Waals surface area contributed by atoms with Crippen molar-refractivity contribution < 1.29 is 19.2 Å². The smallest absolute Gasteiger partial charge is 0.299 e. The molecule has 65 heavy (non-hydrogen) atoms. The van der Waals surface area contributed by atoms with Gasteiger partial charge in [0.05, 0.1) is 33.8 Å². The van der Waals surface area contributed by atoms with Crippen LogP contribution in [0.5, 0.6) is 0 Å². The number of benzene rings is 3. The summed E-state index contributed by atoms with van der Waals surface area (Å²) in [4.78, 5) is 64.4. The van der Waals surface area contributed by atoms with Crippen molar-refractivity contribution in [3.8, 4) is 0 Å². The molecule has 0 saturated carbocycles. The summed E-state index contributed by atoms with van der Waals surface area (Å²) in [6, 6.07) is 16.0. The zero-order chi connectivity index (χ0) is 46.3. The van der Waals surface area contributed by atoms with E-state index in [9.17, 15) is 9.59 Å². The third-order valence-electron chi connectivity index (χ3n) is 14.9. The highest BCUT2D eigenvalue weighted by Crippen LogP contribution is 2.51. The standard InChI is InChI=1S/C58H83N3O4/c1-7-13-19-22-30-42(27-16-10-4)39-59-50-34-26-25-33-47(50)51(56(59)63)52-48-37-35-46-45(53(48)60(57(52)64)40-43(28-17-11-5)31-23-20-14-8-2)36-38-49-54(46)61(58(65)55(49)62)41-44(29-18-12-6)32-24-21-15-9-3/h25-26,33-38,42-44H,7-24,27-32,39-41H2,1-6H3/b52-51+. The van der Waals surface area contributed by atoms with E-state index >= 15 is 9.59 Å². The summed E-state index contributed by atoms with van der Waals surface area (Å²) >= 11 is 0. The molecule has 0 spiro atoms. The lowest BCUT2D eigenvalue weighted by atomic mass is 9.92. The number of hydrogen-bond acceptors (Lipinski definition) is 4. The molecule has 0 aromatic heterocycles. The number of amides is 3. The Morgan fingerprint density at radius 3 is 1.25 bits per heavy atom. The molecule has 3 heterocycles. The van der Waals surface area contributed by atoms with E-state index < -0.39 is 11.7 Å². The Balaban J connectivity index is 1.48. The molecule has 3 aliphatic rings. The number of rotatable bonds is 30. The Kier molecular flexibility index (Phi) is 19.3. The van der Waals surface area contributed by atoms with Crippen LogP contribution in [-0.4, -0.2) is 43.1 Å². The molecule has 0 N–H and O–H groups in total. The second-order valence-corrected chi connectivity index (χ2v) is 19.9. The van der Waals surface area contributed by atoms with Crippen molar-refractivity contribution in [2.75, 3.05) is 34.3 Å². The number of para-hydroxylation sites is 1. The molecule has 3 unspecified atom stereocenters. The van der Waals surface area contributed by atoms with Crippen molar-refractivity contribution in [3.05, 3.63) is 65.2 Å². The van der Waals surface area contributed by atoms with E-state index in [1.54, 1.807) is 4.90 Å². The second kappa shape index (κ2) is 25.0. The minimum atomic E-state index is -0.444. The van der Waals surface area contributed by atoms with Gasteiger partial charge in [0, 0.05) is 41.5 Å². The lowest BCUT2D eigenvalue weighted by molar-refractivity contribution is -0.114. The van der Waals surface area contributed by atoms with Gasteiger partial charge in [0.2, 0.25) is 0 Å². The van der Waals surface area contributed by atoms with E-state index in [-0.39, 0.29) is 11.8 Å². The minimum Gasteiger partial charge on any atom is -0.307 e. The first-order valence-electron chi connectivity index (χ1n) is 26.7. The summed E-state index contributed by atoms with van der Waals surface area (Å²) in [5, 5.41) is 1.70. The third kappa shape index (κ3) is 11.7. The molecule has 3 atom stereocenters. The number of anilines is 3. The van der Waals surface area contributed by atoms with Gasteiger partial charge in [-0.2, -0.15) is 0 Å². The van der Waals surface area contributed by atoms with Gasteiger partial charge < -0.3 is 14.7 Å². The minimum absolute atomic E-state index is 0.0759. The van der Waals surface area contributed by atoms with Crippen LogP contribution < -0.4 is 14.7 Å². The summed E-state index contributed by atoms with van der Waals surface area (Å²) in [5.41, 5.74) is 5.49. The van der Waals surface area contributed by atoms with Crippen LogP contribution in [-0.2, 0) is 14.4 Å². The first-order chi connectivity index (χ1) is 31.7. The maximum Gasteiger partial charge on any atom is 0.299 e. The van der Waals surface area contributed by atoms with E-state index in [0.29, 0.717) is 59.8 Å². The van der Waals surface area contributed by atoms with E-state index in [4.69, 9.17) is 0 Å². The van der Waals surface area contributed by atoms with Gasteiger partial charge >= 0.3 is 0 Å². The van der Waals surface area contributed by atoms with E-state index in [1.165, 1.54) is 64.2 Å². The number of Topliss-reactive ketones (excluding diaryl/α,β-unsaturated/α-hetero) is 1. The van der Waals surface area contributed by atoms with Crippen LogP contribution in [0.1, 0.15) is 217 Å². The van der Waals surface area contributed by atoms with E-state index in [1.807, 2.05) is 52.3 Å². The molecule has 0 bridgehead atoms. The molecule has 0 saturated heterocycles. The van der Waals surface area contributed by atoms with Crippen molar-refractivity contribution in [2.45, 2.75) is 196 Å². The first-order valence-corrected chi connectivity index (χ1v) is 26.7. The average molecular weight is 886 g/mol. The molecule has 0 fully saturated rings. The number of fused-ring (bicyclic) bond motifs is 6. The molecule has 7 heteroatoms. The second-order valence-electron chi connectivity index (χ2n) is 19.9. The Morgan fingerprint density at radius 2 is 0.754 bits per heavy atom. The number of hydrogen-bond donors (Lipinski definition) is 0. The molecule has 0 radical (unpaired) electrons. The molecule has 354 valence electrons. The van der Waals surface area contributed by atoms with Gasteiger partial charge in [0.15, 0.2) is 0 Å². The normalized spacial score (nSPS) is 17.2. The lowest BCUT2D eigenvalue weighted by Crippen LogP contribution is -2.34. The monoisotopic (exact) mass is 886 g/mol. The summed E-state index contributed by atoms with van der Waals surface area (Å²) in [6.07, 6.45) is 27.2. The molecule has 3 aliphatic heterocycles. The van der Waals surface area contributed by atoms with Gasteiger partial charge in [0.25, 0.3) is 23.5 Å². The molecular weight excluding hydrogens is 803 g/mol. The van der Waals surface area contributed by atoms with Crippen LogP contribution in [0.3, 0.4) is 0 Å². The maximum atomic E-state index is 15.6. The number of ketones is 1. The average Bonchev–Trinajstić information content (AvgIpc) is 3.85. The Hall–Kier alpha value is -4.26. The number of unbranched alkanes of at least 4 members (excludes halogenated alkanes) is 12. The van der Waals surface area contributed by atoms with Gasteiger partial charge in [-0.1, -0.05) is 194 Å². The predicted molar refractivity (Wildman–Crippen MR) is 274 cm³/mol. The molecule has 3 aromatic carbocycles. The number of carbonyl (C=O) groups excluding carboxylic acids is 4. The quantitative estimate of drug-likeness (QED) is 0.0379. The molecular formula is C58H83N3O4. The van der Waals surface area contributed by atoms with Gasteiger partial charge in [-0.05, 0) is 68.4 Å². The topological polar surface area (TPSA) is 78.0 Å². The highest BCUT2D eigenvalue weighted by molar-refractivity contribution is 6.54. The van der Waals surface area contributed by atoms with Crippen molar-refractivity contribution in [3.63, 3.8) is 0 Å². The fraction of sp³-hybridized carbons (Fsp3) is 0.621. The largest absolute Gasteiger partial charge is 0.307 e. The summed E-state index contributed by atoms with van der Waals surface area (Å²) in [6.45, 7) is 15.2. The molecule has 0 aliphatic carbocycles. The van der Waals surface area contributed by atoms with Crippen molar-refractivity contribution >= 4 is 62.5 Å². The van der Waals surface area contributed by atoms with Crippen LogP contribution >= 0.6 is 0 Å². The van der Waals surface area contributed by atoms with Crippen LogP contribution in [0.4, 0.5) is 17.1 Å². The zero-order valence-electron chi connectivity index (χ0n) is 41.4. The third-order valence-corrected chi connectivity index (χ3v) is 14.9. The van der Waals surface area contributed by atoms with Crippen LogP contribution in [0.25, 0.3) is 21.9 Å². The van der Waals surface area contributed by atoms with Crippen molar-refractivity contribution in [1.29, 1.82) is 0 Å². The first kappa shape index (κ1) is 50.2. The SMILES string of the molecule is CCCCCCC(CCCC)CN1C(=O)/C(=C2/C(=O)N(CC(CCCC)CCCCCC)c3c2ccc2c4c(ccc32)C(=O)C(=O)N4CC(CCCC)CCCCCC)c2ccccc21. The molecule has 7 nitrogen and oxygen atoms in total. The van der Waals surface area contributed by atoms with Crippen LogP contribution in [0.15, 0.2) is 48.5 Å². The van der Waals surface area contributed by atoms with Crippen LogP contribution in [0, 0.1) is 17.8 Å². The van der Waals surface area contributed by atoms with Crippen molar-refractivity contribution in [1.82, 2.24) is 0 Å². The fourth-order valence-corrected chi connectivity index (χ4v) is 11.1. The Morgan fingerprint density at radius 1 is 0.369 bits per heavy atom. The zero-order valence-corrected chi connectivity index (χ0v) is 41.4. The molecule has 3 aromatic rings. The number of nitrogens with zero attached hydrogens (tertiary/aromatic N) is 3. The summed E-state index contributed by atoms with van der Waals surface area (Å²) in [5.74, 6) is -0.0777. The number of carbonyl (C=O) groups is 4.